The molecule has 0 aliphatic carbocycles. The minimum atomic E-state index is 1.04. The molecule has 0 nitrogen and oxygen atoms in total. The van der Waals surface area contributed by atoms with E-state index in [4.69, 9.17) is 0 Å². The van der Waals surface area contributed by atoms with Gasteiger partial charge in [0.15, 0.2) is 0 Å². The van der Waals surface area contributed by atoms with Crippen molar-refractivity contribution < 1.29 is 0 Å². The zero-order valence-corrected chi connectivity index (χ0v) is 15.3. The van der Waals surface area contributed by atoms with E-state index in [0.29, 0.717) is 0 Å². The molecule has 0 saturated carbocycles. The average molecular weight is 313 g/mol. The van der Waals surface area contributed by atoms with Crippen LogP contribution < -0.4 is 0 Å². The number of hydrogen-bond acceptors (Lipinski definition) is 0. The first-order valence-electron chi connectivity index (χ1n) is 9.31. The maximum absolute atomic E-state index is 2.29. The van der Waals surface area contributed by atoms with Crippen LogP contribution in [-0.2, 0) is 0 Å². The molecule has 0 atom stereocenters. The summed E-state index contributed by atoms with van der Waals surface area (Å²) >= 11 is 0. The Morgan fingerprint density at radius 2 is 0.783 bits per heavy atom. The Morgan fingerprint density at radius 1 is 0.435 bits per heavy atom. The second-order valence-corrected chi connectivity index (χ2v) is 5.56. The van der Waals surface area contributed by atoms with Gasteiger partial charge in [0.05, 0.1) is 0 Å². The molecule has 0 aliphatic rings. The molecule has 0 saturated heterocycles. The maximum atomic E-state index is 2.29. The predicted molar refractivity (Wildman–Crippen MR) is 108 cm³/mol. The highest BCUT2D eigenvalue weighted by molar-refractivity contribution is 5.01. The summed E-state index contributed by atoms with van der Waals surface area (Å²) < 4.78 is 0. The van der Waals surface area contributed by atoms with Crippen LogP contribution in [0.25, 0.3) is 0 Å². The van der Waals surface area contributed by atoms with E-state index in [9.17, 15) is 0 Å². The molecule has 0 amide bonds. The van der Waals surface area contributed by atoms with Gasteiger partial charge in [-0.2, -0.15) is 0 Å². The van der Waals surface area contributed by atoms with Gasteiger partial charge in [-0.25, -0.2) is 0 Å². The number of allylic oxidation sites excluding steroid dienone is 12. The molecule has 0 aromatic heterocycles. The lowest BCUT2D eigenvalue weighted by Crippen LogP contribution is -1.67. The van der Waals surface area contributed by atoms with Crippen molar-refractivity contribution in [2.45, 2.75) is 71.6 Å². The fourth-order valence-electron chi connectivity index (χ4n) is 1.96. The molecule has 0 bridgehead atoms. The van der Waals surface area contributed by atoms with Crippen molar-refractivity contribution in [3.63, 3.8) is 0 Å². The first-order chi connectivity index (χ1) is 11.4. The fourth-order valence-corrected chi connectivity index (χ4v) is 1.96. The summed E-state index contributed by atoms with van der Waals surface area (Å²) in [6, 6.07) is 0. The van der Waals surface area contributed by atoms with Crippen LogP contribution in [0, 0.1) is 0 Å². The van der Waals surface area contributed by atoms with E-state index >= 15 is 0 Å². The van der Waals surface area contributed by atoms with Crippen molar-refractivity contribution in [3.05, 3.63) is 72.9 Å². The van der Waals surface area contributed by atoms with Crippen molar-refractivity contribution in [1.82, 2.24) is 0 Å². The Kier molecular flexibility index (Phi) is 19.1. The van der Waals surface area contributed by atoms with Crippen molar-refractivity contribution in [1.29, 1.82) is 0 Å². The minimum absolute atomic E-state index is 1.04. The van der Waals surface area contributed by atoms with Crippen LogP contribution in [-0.4, -0.2) is 0 Å². The highest BCUT2D eigenvalue weighted by atomic mass is 13.8. The number of unbranched alkanes of at least 4 members (excludes halogenated alkanes) is 2. The van der Waals surface area contributed by atoms with Crippen LogP contribution in [0.3, 0.4) is 0 Å². The highest BCUT2D eigenvalue weighted by Crippen LogP contribution is 1.98. The molecule has 128 valence electrons. The van der Waals surface area contributed by atoms with E-state index in [1.54, 1.807) is 0 Å². The van der Waals surface area contributed by atoms with E-state index in [1.807, 2.05) is 0 Å². The lowest BCUT2D eigenvalue weighted by molar-refractivity contribution is 0.813. The van der Waals surface area contributed by atoms with Gasteiger partial charge in [-0.15, -0.1) is 0 Å². The summed E-state index contributed by atoms with van der Waals surface area (Å²) in [4.78, 5) is 0. The summed E-state index contributed by atoms with van der Waals surface area (Å²) in [5, 5.41) is 0. The quantitative estimate of drug-likeness (QED) is 0.226. The van der Waals surface area contributed by atoms with E-state index < -0.39 is 0 Å². The summed E-state index contributed by atoms with van der Waals surface area (Å²) in [6.45, 7) is 4.40. The molecular formula is C23H36. The van der Waals surface area contributed by atoms with E-state index in [1.165, 1.54) is 19.3 Å². The zero-order chi connectivity index (χ0) is 16.8. The first-order valence-corrected chi connectivity index (χ1v) is 9.31. The molecule has 0 radical (unpaired) electrons. The maximum Gasteiger partial charge on any atom is -0.0169 e. The Hall–Kier alpha value is -1.56. The predicted octanol–water partition coefficient (Wildman–Crippen LogP) is 7.87. The molecule has 23 heavy (non-hydrogen) atoms. The molecule has 0 fully saturated rings. The van der Waals surface area contributed by atoms with E-state index in [2.05, 4.69) is 86.8 Å². The summed E-state index contributed by atoms with van der Waals surface area (Å²) in [5.41, 5.74) is 0. The fraction of sp³-hybridized carbons (Fsp3) is 0.478. The van der Waals surface area contributed by atoms with Crippen molar-refractivity contribution in [2.75, 3.05) is 0 Å². The second-order valence-electron chi connectivity index (χ2n) is 5.56. The third kappa shape index (κ3) is 20.4. The van der Waals surface area contributed by atoms with Crippen LogP contribution in [0.5, 0.6) is 0 Å². The molecule has 0 unspecified atom stereocenters. The van der Waals surface area contributed by atoms with Crippen LogP contribution in [0.1, 0.15) is 71.6 Å². The molecule has 0 heterocycles. The third-order valence-electron chi connectivity index (χ3n) is 3.32. The van der Waals surface area contributed by atoms with Crippen LogP contribution in [0.2, 0.25) is 0 Å². The Balaban J connectivity index is 3.47. The largest absolute Gasteiger partial charge is 0.0885 e. The standard InChI is InChI=1S/C23H36/c1-3-5-7-9-11-13-15-17-19-21-23-22-20-18-16-14-12-10-8-6-4-2/h5,7,10-13,16-19,22-23H,3-4,6,8-9,14-15,20-21H2,1-2H3/b7-5-,12-10-,13-11-,18-16-,19-17-,23-22-. The summed E-state index contributed by atoms with van der Waals surface area (Å²) in [5.74, 6) is 0. The molecular weight excluding hydrogens is 276 g/mol. The van der Waals surface area contributed by atoms with Crippen molar-refractivity contribution in [3.8, 4) is 0 Å². The third-order valence-corrected chi connectivity index (χ3v) is 3.32. The molecule has 0 aliphatic heterocycles. The normalized spacial score (nSPS) is 13.3. The highest BCUT2D eigenvalue weighted by Gasteiger charge is 1.77. The second kappa shape index (κ2) is 20.4. The van der Waals surface area contributed by atoms with Crippen molar-refractivity contribution in [2.24, 2.45) is 0 Å². The molecule has 0 heteroatoms. The molecule has 0 N–H and O–H groups in total. The van der Waals surface area contributed by atoms with Crippen LogP contribution in [0.15, 0.2) is 72.9 Å². The Labute approximate surface area is 145 Å². The van der Waals surface area contributed by atoms with E-state index in [0.717, 1.165) is 38.5 Å². The lowest BCUT2D eigenvalue weighted by Gasteiger charge is -1.87. The topological polar surface area (TPSA) is 0 Å². The Bertz CT molecular complexity index is 388. The molecule has 0 aromatic carbocycles. The van der Waals surface area contributed by atoms with E-state index in [-0.39, 0.29) is 0 Å². The smallest absolute Gasteiger partial charge is 0.0169 e. The molecule has 0 aromatic rings. The Morgan fingerprint density at radius 3 is 1.13 bits per heavy atom. The van der Waals surface area contributed by atoms with Gasteiger partial charge in [-0.1, -0.05) is 99.6 Å². The SMILES string of the molecule is CC/C=C\C/C=C\C/C=C\C/C=C\C/C=C\C/C=C\CCCC. The number of hydrogen-bond donors (Lipinski definition) is 0. The van der Waals surface area contributed by atoms with Gasteiger partial charge in [0.1, 0.15) is 0 Å². The lowest BCUT2D eigenvalue weighted by atomic mass is 10.2. The summed E-state index contributed by atoms with van der Waals surface area (Å²) in [7, 11) is 0. The monoisotopic (exact) mass is 312 g/mol. The minimum Gasteiger partial charge on any atom is -0.0885 e. The van der Waals surface area contributed by atoms with Gasteiger partial charge in [0.25, 0.3) is 0 Å². The zero-order valence-electron chi connectivity index (χ0n) is 15.3. The van der Waals surface area contributed by atoms with Crippen LogP contribution >= 0.6 is 0 Å². The van der Waals surface area contributed by atoms with Crippen molar-refractivity contribution >= 4 is 0 Å². The summed E-state index contributed by atoms with van der Waals surface area (Å²) in [6.07, 6.45) is 37.1. The van der Waals surface area contributed by atoms with Gasteiger partial charge >= 0.3 is 0 Å². The van der Waals surface area contributed by atoms with Gasteiger partial charge in [0.2, 0.25) is 0 Å². The van der Waals surface area contributed by atoms with Gasteiger partial charge in [-0.3, -0.25) is 0 Å². The molecule has 0 rings (SSSR count). The van der Waals surface area contributed by atoms with Crippen LogP contribution in [0.4, 0.5) is 0 Å². The van der Waals surface area contributed by atoms with Gasteiger partial charge < -0.3 is 0 Å². The average Bonchev–Trinajstić information content (AvgIpc) is 2.57. The first kappa shape index (κ1) is 21.4. The molecule has 0 spiro atoms. The van der Waals surface area contributed by atoms with Gasteiger partial charge in [-0.05, 0) is 44.9 Å². The van der Waals surface area contributed by atoms with Gasteiger partial charge in [0, 0.05) is 0 Å². The number of rotatable bonds is 14.